The number of likely N-dealkylation sites (N-methyl/N-ethyl adjacent to an activating group) is 1. The van der Waals surface area contributed by atoms with Crippen molar-refractivity contribution in [3.63, 3.8) is 0 Å². The second-order valence-electron chi connectivity index (χ2n) is 7.55. The summed E-state index contributed by atoms with van der Waals surface area (Å²) in [6.07, 6.45) is 0.163. The van der Waals surface area contributed by atoms with Crippen LogP contribution in [0.15, 0.2) is 36.4 Å². The topological polar surface area (TPSA) is 15.7 Å². The third kappa shape index (κ3) is 7.68. The summed E-state index contributed by atoms with van der Waals surface area (Å²) < 4.78 is 7.51. The van der Waals surface area contributed by atoms with E-state index in [0.29, 0.717) is 0 Å². The summed E-state index contributed by atoms with van der Waals surface area (Å²) in [5.74, 6) is 0.850. The van der Waals surface area contributed by atoms with Crippen LogP contribution in [0.2, 0.25) is 0 Å². The number of ether oxygens (including phenoxy) is 1. The van der Waals surface area contributed by atoms with E-state index in [4.69, 9.17) is 24.1 Å². The molecule has 0 amide bonds. The molecule has 0 unspecified atom stereocenters. The molecule has 3 nitrogen and oxygen atoms in total. The molecule has 0 aromatic heterocycles. The zero-order chi connectivity index (χ0) is 21.6. The SMILES string of the molecule is CC(C)Oc1ccccc1[CH]=[Ru]([Cl])[Cl].Cc1cc(C)c(N2[CH-]N(C)CC2)c(C)c1. The van der Waals surface area contributed by atoms with Gasteiger partial charge in [0.1, 0.15) is 0 Å². The van der Waals surface area contributed by atoms with Crippen molar-refractivity contribution in [3.05, 3.63) is 65.3 Å². The van der Waals surface area contributed by atoms with E-state index in [1.807, 2.05) is 42.7 Å². The van der Waals surface area contributed by atoms with E-state index in [-0.39, 0.29) is 6.10 Å². The molecule has 2 aromatic carbocycles. The van der Waals surface area contributed by atoms with Crippen molar-refractivity contribution < 1.29 is 18.3 Å². The van der Waals surface area contributed by atoms with Crippen molar-refractivity contribution in [1.82, 2.24) is 4.90 Å². The Morgan fingerprint density at radius 3 is 2.21 bits per heavy atom. The summed E-state index contributed by atoms with van der Waals surface area (Å²) in [6, 6.07) is 12.3. The Morgan fingerprint density at radius 1 is 1.07 bits per heavy atom. The Bertz CT molecular complexity index is 828. The molecule has 6 heteroatoms. The van der Waals surface area contributed by atoms with Crippen molar-refractivity contribution >= 4 is 29.7 Å². The van der Waals surface area contributed by atoms with Gasteiger partial charge in [-0.15, -0.1) is 0 Å². The van der Waals surface area contributed by atoms with E-state index in [9.17, 15) is 0 Å². The van der Waals surface area contributed by atoms with E-state index in [2.05, 4.69) is 56.4 Å². The minimum atomic E-state index is -1.77. The molecule has 0 N–H and O–H groups in total. The standard InChI is InChI=1S/C13H19N2.C10H12O.2ClH.Ru/c1-10-7-11(2)13(12(3)8-10)15-6-5-14(4)9-15;1-8(2)11-10-7-5-4-6-9(10)3;;;/h7-9H,5-6H2,1-4H3;3-8H,1-2H3;2*1H;/q-1;;;;+2/p-2. The Balaban J connectivity index is 0.000000208. The monoisotopic (exact) mass is 523 g/mol. The molecule has 0 radical (unpaired) electrons. The Kier molecular flexibility index (Phi) is 9.62. The van der Waals surface area contributed by atoms with E-state index in [1.54, 1.807) is 0 Å². The first-order valence-electron chi connectivity index (χ1n) is 9.66. The van der Waals surface area contributed by atoms with Crippen LogP contribution in [-0.4, -0.2) is 35.8 Å². The van der Waals surface area contributed by atoms with E-state index in [1.165, 1.54) is 22.4 Å². The number of aryl methyl sites for hydroxylation is 3. The molecule has 29 heavy (non-hydrogen) atoms. The number of benzene rings is 2. The number of hydrogen-bond donors (Lipinski definition) is 0. The number of nitrogens with zero attached hydrogens (tertiary/aromatic N) is 2. The number of anilines is 1. The largest absolute Gasteiger partial charge is 0.507 e. The first-order chi connectivity index (χ1) is 13.7. The van der Waals surface area contributed by atoms with Gasteiger partial charge in [-0.2, -0.15) is 6.67 Å². The first kappa shape index (κ1) is 24.3. The van der Waals surface area contributed by atoms with Crippen LogP contribution < -0.4 is 9.64 Å². The van der Waals surface area contributed by atoms with Gasteiger partial charge in [0.05, 0.1) is 0 Å². The Labute approximate surface area is 189 Å². The summed E-state index contributed by atoms with van der Waals surface area (Å²) in [7, 11) is 13.8. The van der Waals surface area contributed by atoms with Crippen LogP contribution in [0, 0.1) is 27.4 Å². The predicted molar refractivity (Wildman–Crippen MR) is 124 cm³/mol. The van der Waals surface area contributed by atoms with Crippen molar-refractivity contribution in [2.45, 2.75) is 40.7 Å². The third-order valence-corrected chi connectivity index (χ3v) is 6.25. The van der Waals surface area contributed by atoms with Gasteiger partial charge >= 0.3 is 97.8 Å². The molecule has 3 rings (SSSR count). The summed E-state index contributed by atoms with van der Waals surface area (Å²) in [4.78, 5) is 4.59. The molecule has 2 aromatic rings. The van der Waals surface area contributed by atoms with E-state index >= 15 is 0 Å². The van der Waals surface area contributed by atoms with Gasteiger partial charge in [0.2, 0.25) is 0 Å². The summed E-state index contributed by atoms with van der Waals surface area (Å²) in [5, 5.41) is 0. The zero-order valence-electron chi connectivity index (χ0n) is 18.0. The number of para-hydroxylation sites is 1. The zero-order valence-corrected chi connectivity index (χ0v) is 21.3. The quantitative estimate of drug-likeness (QED) is 0.360. The van der Waals surface area contributed by atoms with Gasteiger partial charge in [0.15, 0.2) is 0 Å². The minimum Gasteiger partial charge on any atom is -0.507 e. The maximum absolute atomic E-state index is 5.82. The number of rotatable bonds is 4. The van der Waals surface area contributed by atoms with E-state index < -0.39 is 13.5 Å². The predicted octanol–water partition coefficient (Wildman–Crippen LogP) is 6.03. The van der Waals surface area contributed by atoms with Crippen LogP contribution in [0.25, 0.3) is 0 Å². The average Bonchev–Trinajstić information content (AvgIpc) is 3.01. The van der Waals surface area contributed by atoms with Gasteiger partial charge in [0.25, 0.3) is 0 Å². The summed E-state index contributed by atoms with van der Waals surface area (Å²) in [6.45, 7) is 15.0. The molecule has 1 saturated heterocycles. The second-order valence-corrected chi connectivity index (χ2v) is 13.3. The van der Waals surface area contributed by atoms with Crippen LogP contribution in [0.1, 0.15) is 36.1 Å². The third-order valence-electron chi connectivity index (χ3n) is 4.42. The van der Waals surface area contributed by atoms with E-state index in [0.717, 1.165) is 24.4 Å². The molecule has 0 spiro atoms. The van der Waals surface area contributed by atoms with Gasteiger partial charge in [-0.25, -0.2) is 0 Å². The molecule has 0 atom stereocenters. The van der Waals surface area contributed by atoms with Gasteiger partial charge < -0.3 is 9.80 Å². The molecule has 0 aliphatic carbocycles. The molecule has 1 fully saturated rings. The normalized spacial score (nSPS) is 14.5. The van der Waals surface area contributed by atoms with Crippen LogP contribution in [0.4, 0.5) is 5.69 Å². The number of hydrogen-bond acceptors (Lipinski definition) is 3. The summed E-state index contributed by atoms with van der Waals surface area (Å²) >= 11 is -1.77. The molecule has 0 saturated carbocycles. The Morgan fingerprint density at radius 2 is 1.69 bits per heavy atom. The maximum Gasteiger partial charge on any atom is 0.0141 e. The van der Waals surface area contributed by atoms with Crippen LogP contribution in [-0.2, 0) is 13.5 Å². The van der Waals surface area contributed by atoms with Gasteiger partial charge in [-0.3, -0.25) is 0 Å². The fourth-order valence-electron chi connectivity index (χ4n) is 3.42. The smallest absolute Gasteiger partial charge is 0.0141 e. The number of halogens is 2. The molecular formula is C23H31Cl2N2ORu-. The fraction of sp³-hybridized carbons (Fsp3) is 0.391. The van der Waals surface area contributed by atoms with Crippen molar-refractivity contribution in [3.8, 4) is 5.75 Å². The van der Waals surface area contributed by atoms with Gasteiger partial charge in [0, 0.05) is 12.2 Å². The summed E-state index contributed by atoms with van der Waals surface area (Å²) in [5.41, 5.74) is 6.47. The fourth-order valence-corrected chi connectivity index (χ4v) is 5.23. The maximum atomic E-state index is 5.82. The molecule has 162 valence electrons. The molecule has 1 aliphatic rings. The molecule has 1 aliphatic heterocycles. The second kappa shape index (κ2) is 11.5. The van der Waals surface area contributed by atoms with Crippen LogP contribution in [0.5, 0.6) is 5.75 Å². The molecular weight excluding hydrogens is 492 g/mol. The van der Waals surface area contributed by atoms with Gasteiger partial charge in [-0.1, -0.05) is 17.7 Å². The van der Waals surface area contributed by atoms with Crippen molar-refractivity contribution in [1.29, 1.82) is 0 Å². The first-order valence-corrected chi connectivity index (χ1v) is 15.1. The van der Waals surface area contributed by atoms with Crippen LogP contribution in [0.3, 0.4) is 0 Å². The van der Waals surface area contributed by atoms with Crippen LogP contribution >= 0.6 is 19.4 Å². The average molecular weight is 523 g/mol. The minimum absolute atomic E-state index is 0.163. The van der Waals surface area contributed by atoms with Crippen molar-refractivity contribution in [2.24, 2.45) is 0 Å². The Hall–Kier alpha value is -0.927. The molecule has 1 heterocycles. The van der Waals surface area contributed by atoms with Crippen molar-refractivity contribution in [2.75, 3.05) is 25.0 Å². The molecule has 0 bridgehead atoms. The van der Waals surface area contributed by atoms with Gasteiger partial charge in [-0.05, 0) is 45.5 Å².